The molecular weight excluding hydrogens is 332 g/mol. The van der Waals surface area contributed by atoms with Crippen LogP contribution in [0, 0.1) is 0 Å². The van der Waals surface area contributed by atoms with Crippen molar-refractivity contribution in [3.05, 3.63) is 29.8 Å². The molecule has 0 unspecified atom stereocenters. The summed E-state index contributed by atoms with van der Waals surface area (Å²) in [4.78, 5) is 10.1. The zero-order chi connectivity index (χ0) is 18.5. The minimum Gasteiger partial charge on any atom is -0.369 e. The van der Waals surface area contributed by atoms with Crippen LogP contribution in [0.25, 0.3) is 0 Å². The lowest BCUT2D eigenvalue weighted by molar-refractivity contribution is 0.484. The highest BCUT2D eigenvalue weighted by Crippen LogP contribution is 2.27. The Bertz CT molecular complexity index is 725. The summed E-state index contributed by atoms with van der Waals surface area (Å²) < 4.78 is 26.9. The number of hydrogen-bond donors (Lipinski definition) is 4. The Morgan fingerprint density at radius 3 is 2.08 bits per heavy atom. The van der Waals surface area contributed by atoms with Crippen LogP contribution < -0.4 is 22.1 Å². The Hall–Kier alpha value is -2.17. The van der Waals surface area contributed by atoms with Crippen molar-refractivity contribution in [2.45, 2.75) is 33.0 Å². The number of benzene rings is 1. The maximum absolute atomic E-state index is 9.56. The van der Waals surface area contributed by atoms with Gasteiger partial charge in [0.25, 0.3) is 10.1 Å². The first kappa shape index (κ1) is 19.9. The van der Waals surface area contributed by atoms with Gasteiger partial charge in [0.1, 0.15) is 5.66 Å². The van der Waals surface area contributed by atoms with Crippen LogP contribution in [-0.4, -0.2) is 36.3 Å². The van der Waals surface area contributed by atoms with Crippen LogP contribution in [0.3, 0.4) is 0 Å². The van der Waals surface area contributed by atoms with Gasteiger partial charge in [0.2, 0.25) is 11.9 Å². The monoisotopic (exact) mass is 356 g/mol. The molecule has 0 atom stereocenters. The lowest BCUT2D eigenvalue weighted by Crippen LogP contribution is -2.54. The molecule has 1 aromatic rings. The van der Waals surface area contributed by atoms with E-state index in [-0.39, 0.29) is 11.7 Å². The molecule has 0 saturated carbocycles. The molecule has 9 nitrogen and oxygen atoms in total. The van der Waals surface area contributed by atoms with E-state index < -0.39 is 15.8 Å². The van der Waals surface area contributed by atoms with Gasteiger partial charge in [0.05, 0.1) is 5.75 Å². The highest BCUT2D eigenvalue weighted by Gasteiger charge is 2.32. The Morgan fingerprint density at radius 1 is 1.21 bits per heavy atom. The molecule has 0 amide bonds. The van der Waals surface area contributed by atoms with E-state index in [1.54, 1.807) is 0 Å². The molecule has 1 aliphatic rings. The molecule has 10 heteroatoms. The normalized spacial score (nSPS) is 16.6. The zero-order valence-corrected chi connectivity index (χ0v) is 14.8. The molecule has 0 aromatic heterocycles. The van der Waals surface area contributed by atoms with E-state index >= 15 is 0 Å². The fourth-order valence-corrected chi connectivity index (χ4v) is 2.03. The summed E-state index contributed by atoms with van der Waals surface area (Å²) in [6.07, 6.45) is 0. The predicted octanol–water partition coefficient (Wildman–Crippen LogP) is 0.225. The minimum atomic E-state index is -3.66. The van der Waals surface area contributed by atoms with E-state index in [4.69, 9.17) is 21.8 Å². The van der Waals surface area contributed by atoms with Crippen molar-refractivity contribution in [2.75, 3.05) is 10.7 Å². The highest BCUT2D eigenvalue weighted by atomic mass is 32.2. The van der Waals surface area contributed by atoms with Crippen molar-refractivity contribution in [1.82, 2.24) is 0 Å². The molecular formula is C14H24N6O3S. The van der Waals surface area contributed by atoms with E-state index in [1.807, 2.05) is 43.0 Å². The van der Waals surface area contributed by atoms with E-state index in [1.165, 1.54) is 6.92 Å². The number of nitrogens with zero attached hydrogens (tertiary/aromatic N) is 3. The van der Waals surface area contributed by atoms with Gasteiger partial charge in [-0.15, -0.1) is 0 Å². The molecule has 24 heavy (non-hydrogen) atoms. The van der Waals surface area contributed by atoms with E-state index in [0.29, 0.717) is 12.5 Å². The van der Waals surface area contributed by atoms with Crippen molar-refractivity contribution in [3.8, 4) is 0 Å². The molecule has 134 valence electrons. The topological polar surface area (TPSA) is 160 Å². The van der Waals surface area contributed by atoms with Gasteiger partial charge < -0.3 is 17.2 Å². The first-order valence-corrected chi connectivity index (χ1v) is 8.85. The summed E-state index contributed by atoms with van der Waals surface area (Å²) in [5, 5.41) is 0. The summed E-state index contributed by atoms with van der Waals surface area (Å²) in [6.45, 7) is 5.74. The van der Waals surface area contributed by atoms with Gasteiger partial charge in [-0.3, -0.25) is 9.45 Å². The highest BCUT2D eigenvalue weighted by molar-refractivity contribution is 7.85. The van der Waals surface area contributed by atoms with Gasteiger partial charge in [-0.2, -0.15) is 13.4 Å². The molecule has 1 aliphatic heterocycles. The van der Waals surface area contributed by atoms with Crippen molar-refractivity contribution < 1.29 is 13.0 Å². The fraction of sp³-hybridized carbons (Fsp3) is 0.429. The lowest BCUT2D eigenvalue weighted by atomic mass is 10.1. The molecule has 0 spiro atoms. The predicted molar refractivity (Wildman–Crippen MR) is 96.2 cm³/mol. The summed E-state index contributed by atoms with van der Waals surface area (Å²) in [6, 6.07) is 7.81. The summed E-state index contributed by atoms with van der Waals surface area (Å²) in [7, 11) is -3.66. The van der Waals surface area contributed by atoms with Crippen LogP contribution in [0.4, 0.5) is 5.69 Å². The van der Waals surface area contributed by atoms with Crippen molar-refractivity contribution in [3.63, 3.8) is 0 Å². The first-order valence-electron chi connectivity index (χ1n) is 7.24. The van der Waals surface area contributed by atoms with Gasteiger partial charge in [0.15, 0.2) is 0 Å². The number of guanidine groups is 2. The average Bonchev–Trinajstić information content (AvgIpc) is 2.46. The lowest BCUT2D eigenvalue weighted by Gasteiger charge is -2.38. The molecule has 0 aliphatic carbocycles. The molecule has 0 radical (unpaired) electrons. The molecule has 0 fully saturated rings. The van der Waals surface area contributed by atoms with E-state index in [0.717, 1.165) is 11.3 Å². The third kappa shape index (κ3) is 5.48. The van der Waals surface area contributed by atoms with Crippen LogP contribution in [0.15, 0.2) is 34.3 Å². The number of nitrogens with two attached hydrogens (primary N) is 3. The van der Waals surface area contributed by atoms with Gasteiger partial charge >= 0.3 is 0 Å². The quantitative estimate of drug-likeness (QED) is 0.563. The van der Waals surface area contributed by atoms with E-state index in [2.05, 4.69) is 9.98 Å². The largest absolute Gasteiger partial charge is 0.369 e. The maximum atomic E-state index is 9.56. The Morgan fingerprint density at radius 2 is 1.71 bits per heavy atom. The fourth-order valence-electron chi connectivity index (χ4n) is 2.03. The van der Waals surface area contributed by atoms with Crippen LogP contribution in [0.1, 0.15) is 26.3 Å². The van der Waals surface area contributed by atoms with Crippen molar-refractivity contribution >= 4 is 27.7 Å². The number of hydrogen-bond acceptors (Lipinski definition) is 8. The summed E-state index contributed by atoms with van der Waals surface area (Å²) >= 11 is 0. The molecule has 7 N–H and O–H groups in total. The zero-order valence-electron chi connectivity index (χ0n) is 14.0. The molecule has 0 bridgehead atoms. The van der Waals surface area contributed by atoms with Crippen molar-refractivity contribution in [2.24, 2.45) is 27.2 Å². The van der Waals surface area contributed by atoms with Crippen molar-refractivity contribution in [1.29, 1.82) is 0 Å². The maximum Gasteiger partial charge on any atom is 0.264 e. The molecule has 1 aromatic carbocycles. The molecule has 1 heterocycles. The van der Waals surface area contributed by atoms with Crippen LogP contribution >= 0.6 is 0 Å². The first-order chi connectivity index (χ1) is 11.0. The summed E-state index contributed by atoms with van der Waals surface area (Å²) in [5.74, 6) is 0.341. The standard InChI is InChI=1S/C12H18N6.C2H6O3S/c1-12(2)17-10(14)16-11(15)18(12)9-5-3-8(7-13)4-6-9;1-2-6(3,4)5/h3-6H,7,13H2,1-2H3,(H4,14,15,16,17);2H2,1H3,(H,3,4,5). The second-order valence-electron chi connectivity index (χ2n) is 5.51. The summed E-state index contributed by atoms with van der Waals surface area (Å²) in [5.41, 5.74) is 18.6. The Balaban J connectivity index is 0.000000413. The third-order valence-electron chi connectivity index (χ3n) is 3.19. The SMILES string of the molecule is CC1(C)N=C(N)N=C(N)N1c1ccc(CN)cc1.CCS(=O)(=O)O. The average molecular weight is 356 g/mol. The molecule has 0 saturated heterocycles. The van der Waals surface area contributed by atoms with Crippen LogP contribution in [0.2, 0.25) is 0 Å². The van der Waals surface area contributed by atoms with Gasteiger partial charge in [-0.1, -0.05) is 12.1 Å². The second-order valence-corrected chi connectivity index (χ2v) is 7.25. The Labute approximate surface area is 142 Å². The van der Waals surface area contributed by atoms with Gasteiger partial charge in [0, 0.05) is 12.2 Å². The number of rotatable bonds is 3. The minimum absolute atomic E-state index is 0.201. The van der Waals surface area contributed by atoms with Gasteiger partial charge in [-0.05, 0) is 38.5 Å². The van der Waals surface area contributed by atoms with Crippen LogP contribution in [-0.2, 0) is 16.7 Å². The third-order valence-corrected chi connectivity index (χ3v) is 3.92. The second kappa shape index (κ2) is 7.60. The number of aliphatic imine (C=N–C) groups is 2. The van der Waals surface area contributed by atoms with Gasteiger partial charge in [-0.25, -0.2) is 4.99 Å². The molecule has 2 rings (SSSR count). The Kier molecular flexibility index (Phi) is 6.29. The number of anilines is 1. The van der Waals surface area contributed by atoms with Crippen LogP contribution in [0.5, 0.6) is 0 Å². The smallest absolute Gasteiger partial charge is 0.264 e. The van der Waals surface area contributed by atoms with E-state index in [9.17, 15) is 8.42 Å².